The van der Waals surface area contributed by atoms with Gasteiger partial charge in [0.1, 0.15) is 18.1 Å². The molecule has 2 aromatic carbocycles. The lowest BCUT2D eigenvalue weighted by atomic mass is 10.2. The van der Waals surface area contributed by atoms with E-state index in [2.05, 4.69) is 20.9 Å². The second kappa shape index (κ2) is 9.17. The molecule has 0 radical (unpaired) electrons. The van der Waals surface area contributed by atoms with E-state index >= 15 is 0 Å². The Balaban J connectivity index is 1.63. The van der Waals surface area contributed by atoms with Crippen LogP contribution >= 0.6 is 0 Å². The number of ether oxygens (including phenoxy) is 1. The molecule has 0 unspecified atom stereocenters. The average Bonchev–Trinajstić information content (AvgIpc) is 3.07. The van der Waals surface area contributed by atoms with E-state index < -0.39 is 17.6 Å². The fourth-order valence-corrected chi connectivity index (χ4v) is 2.72. The molecule has 0 bridgehead atoms. The highest BCUT2D eigenvalue weighted by atomic mass is 19.1. The molecular formula is C21H22FN5O3. The third-order valence-electron chi connectivity index (χ3n) is 4.37. The van der Waals surface area contributed by atoms with Gasteiger partial charge < -0.3 is 15.4 Å². The van der Waals surface area contributed by atoms with Crippen LogP contribution in [0.25, 0.3) is 0 Å². The van der Waals surface area contributed by atoms with Crippen molar-refractivity contribution in [3.8, 4) is 5.75 Å². The van der Waals surface area contributed by atoms with E-state index in [1.807, 2.05) is 6.92 Å². The van der Waals surface area contributed by atoms with E-state index in [1.54, 1.807) is 50.2 Å². The summed E-state index contributed by atoms with van der Waals surface area (Å²) in [7, 11) is 0. The summed E-state index contributed by atoms with van der Waals surface area (Å²) in [5.74, 6) is -0.552. The molecule has 8 nitrogen and oxygen atoms in total. The summed E-state index contributed by atoms with van der Waals surface area (Å²) in [6.07, 6.45) is 0. The molecule has 0 aliphatic rings. The molecule has 3 aromatic rings. The first-order valence-corrected chi connectivity index (χ1v) is 9.37. The minimum absolute atomic E-state index is 0.109. The predicted octanol–water partition coefficient (Wildman–Crippen LogP) is 3.32. The number of hydrogen-bond donors (Lipinski definition) is 2. The van der Waals surface area contributed by atoms with Crippen LogP contribution in [-0.2, 0) is 11.3 Å². The standard InChI is InChI=1S/C21H22FN5O3/c1-4-30-17-9-7-15(8-10-17)24-21(29)20-14(3)27(26-25-20)12-19(28)23-16-6-5-13(2)18(22)11-16/h5-11H,4,12H2,1-3H3,(H,23,28)(H,24,29). The molecule has 1 heterocycles. The molecule has 1 aromatic heterocycles. The highest BCUT2D eigenvalue weighted by Crippen LogP contribution is 2.17. The van der Waals surface area contributed by atoms with E-state index in [1.165, 1.54) is 10.7 Å². The van der Waals surface area contributed by atoms with Gasteiger partial charge in [-0.15, -0.1) is 5.10 Å². The van der Waals surface area contributed by atoms with Crippen LogP contribution in [0.5, 0.6) is 5.75 Å². The Morgan fingerprint density at radius 3 is 2.43 bits per heavy atom. The van der Waals surface area contributed by atoms with Gasteiger partial charge in [0.2, 0.25) is 5.91 Å². The van der Waals surface area contributed by atoms with Crippen LogP contribution in [-0.4, -0.2) is 33.4 Å². The number of aryl methyl sites for hydroxylation is 1. The lowest BCUT2D eigenvalue weighted by Gasteiger charge is -2.08. The Hall–Kier alpha value is -3.75. The molecule has 0 saturated carbocycles. The van der Waals surface area contributed by atoms with Gasteiger partial charge in [0.15, 0.2) is 5.69 Å². The molecule has 0 aliphatic carbocycles. The van der Waals surface area contributed by atoms with E-state index in [9.17, 15) is 14.0 Å². The summed E-state index contributed by atoms with van der Waals surface area (Å²) >= 11 is 0. The molecule has 2 amide bonds. The van der Waals surface area contributed by atoms with Gasteiger partial charge in [-0.05, 0) is 62.7 Å². The Labute approximate surface area is 173 Å². The van der Waals surface area contributed by atoms with Gasteiger partial charge >= 0.3 is 0 Å². The number of halogens is 1. The molecule has 2 N–H and O–H groups in total. The Morgan fingerprint density at radius 2 is 1.77 bits per heavy atom. The fourth-order valence-electron chi connectivity index (χ4n) is 2.72. The molecule has 0 fully saturated rings. The second-order valence-corrected chi connectivity index (χ2v) is 6.60. The quantitative estimate of drug-likeness (QED) is 0.622. The summed E-state index contributed by atoms with van der Waals surface area (Å²) in [5, 5.41) is 13.1. The van der Waals surface area contributed by atoms with E-state index in [0.717, 1.165) is 0 Å². The van der Waals surface area contributed by atoms with Crippen LogP contribution in [0.15, 0.2) is 42.5 Å². The minimum Gasteiger partial charge on any atom is -0.494 e. The van der Waals surface area contributed by atoms with Gasteiger partial charge in [-0.3, -0.25) is 9.59 Å². The highest BCUT2D eigenvalue weighted by Gasteiger charge is 2.18. The number of benzene rings is 2. The van der Waals surface area contributed by atoms with Crippen molar-refractivity contribution < 1.29 is 18.7 Å². The topological polar surface area (TPSA) is 98.1 Å². The monoisotopic (exact) mass is 411 g/mol. The first kappa shape index (κ1) is 21.0. The molecule has 0 saturated heterocycles. The van der Waals surface area contributed by atoms with Crippen LogP contribution in [0, 0.1) is 19.7 Å². The molecule has 0 atom stereocenters. The summed E-state index contributed by atoms with van der Waals surface area (Å²) in [6, 6.07) is 11.4. The van der Waals surface area contributed by atoms with Crippen molar-refractivity contribution in [3.63, 3.8) is 0 Å². The lowest BCUT2D eigenvalue weighted by Crippen LogP contribution is -2.21. The Morgan fingerprint density at radius 1 is 1.07 bits per heavy atom. The van der Waals surface area contributed by atoms with Crippen molar-refractivity contribution in [1.82, 2.24) is 15.0 Å². The largest absolute Gasteiger partial charge is 0.494 e. The summed E-state index contributed by atoms with van der Waals surface area (Å²) in [6.45, 7) is 5.57. The van der Waals surface area contributed by atoms with Gasteiger partial charge in [-0.1, -0.05) is 11.3 Å². The number of anilines is 2. The predicted molar refractivity (Wildman–Crippen MR) is 110 cm³/mol. The van der Waals surface area contributed by atoms with E-state index in [0.29, 0.717) is 35.0 Å². The highest BCUT2D eigenvalue weighted by molar-refractivity contribution is 6.03. The molecule has 0 spiro atoms. The van der Waals surface area contributed by atoms with E-state index in [-0.39, 0.29) is 12.2 Å². The summed E-state index contributed by atoms with van der Waals surface area (Å²) in [4.78, 5) is 24.8. The van der Waals surface area contributed by atoms with Crippen molar-refractivity contribution in [2.24, 2.45) is 0 Å². The number of nitrogens with one attached hydrogen (secondary N) is 2. The zero-order valence-electron chi connectivity index (χ0n) is 16.9. The van der Waals surface area contributed by atoms with Gasteiger partial charge in [0, 0.05) is 11.4 Å². The molecule has 0 aliphatic heterocycles. The van der Waals surface area contributed by atoms with Crippen LogP contribution < -0.4 is 15.4 Å². The summed E-state index contributed by atoms with van der Waals surface area (Å²) in [5.41, 5.74) is 1.95. The van der Waals surface area contributed by atoms with Crippen LogP contribution in [0.1, 0.15) is 28.7 Å². The summed E-state index contributed by atoms with van der Waals surface area (Å²) < 4.78 is 20.3. The Kier molecular flexibility index (Phi) is 6.41. The SMILES string of the molecule is CCOc1ccc(NC(=O)c2nnn(CC(=O)Nc3ccc(C)c(F)c3)c2C)cc1. The molecule has 9 heteroatoms. The third-order valence-corrected chi connectivity index (χ3v) is 4.37. The van der Waals surface area contributed by atoms with Crippen molar-refractivity contribution >= 4 is 23.2 Å². The first-order valence-electron chi connectivity index (χ1n) is 9.37. The number of carbonyl (C=O) groups is 2. The van der Waals surface area contributed by atoms with E-state index in [4.69, 9.17) is 4.74 Å². The molecule has 30 heavy (non-hydrogen) atoms. The molecular weight excluding hydrogens is 389 g/mol. The number of aromatic nitrogens is 3. The number of amides is 2. The van der Waals surface area contributed by atoms with Crippen molar-refractivity contribution in [3.05, 3.63) is 65.2 Å². The van der Waals surface area contributed by atoms with Gasteiger partial charge in [-0.2, -0.15) is 0 Å². The number of nitrogens with zero attached hydrogens (tertiary/aromatic N) is 3. The van der Waals surface area contributed by atoms with Gasteiger partial charge in [-0.25, -0.2) is 9.07 Å². The maximum absolute atomic E-state index is 13.6. The average molecular weight is 411 g/mol. The minimum atomic E-state index is -0.441. The zero-order chi connectivity index (χ0) is 21.7. The maximum atomic E-state index is 13.6. The van der Waals surface area contributed by atoms with Crippen molar-refractivity contribution in [1.29, 1.82) is 0 Å². The molecule has 156 valence electrons. The number of hydrogen-bond acceptors (Lipinski definition) is 5. The van der Waals surface area contributed by atoms with Gasteiger partial charge in [0.25, 0.3) is 5.91 Å². The third kappa shape index (κ3) is 4.99. The number of rotatable bonds is 7. The van der Waals surface area contributed by atoms with Gasteiger partial charge in [0.05, 0.1) is 12.3 Å². The fraction of sp³-hybridized carbons (Fsp3) is 0.238. The van der Waals surface area contributed by atoms with Crippen molar-refractivity contribution in [2.45, 2.75) is 27.3 Å². The van der Waals surface area contributed by atoms with Crippen LogP contribution in [0.3, 0.4) is 0 Å². The Bertz CT molecular complexity index is 1060. The lowest BCUT2D eigenvalue weighted by molar-refractivity contribution is -0.117. The maximum Gasteiger partial charge on any atom is 0.278 e. The zero-order valence-corrected chi connectivity index (χ0v) is 16.9. The second-order valence-electron chi connectivity index (χ2n) is 6.60. The molecule has 3 rings (SSSR count). The van der Waals surface area contributed by atoms with Crippen LogP contribution in [0.4, 0.5) is 15.8 Å². The smallest absolute Gasteiger partial charge is 0.278 e. The normalized spacial score (nSPS) is 10.5. The van der Waals surface area contributed by atoms with Crippen LogP contribution in [0.2, 0.25) is 0 Å². The number of carbonyl (C=O) groups excluding carboxylic acids is 2. The van der Waals surface area contributed by atoms with Crippen molar-refractivity contribution in [2.75, 3.05) is 17.2 Å². The first-order chi connectivity index (χ1) is 14.4.